The van der Waals surface area contributed by atoms with Gasteiger partial charge in [0.1, 0.15) is 5.78 Å². The number of hydrogen-bond acceptors (Lipinski definition) is 6. The first-order chi connectivity index (χ1) is 19.7. The Bertz CT molecular complexity index is 1350. The van der Waals surface area contributed by atoms with Crippen LogP contribution in [0.15, 0.2) is 66.7 Å². The van der Waals surface area contributed by atoms with Crippen molar-refractivity contribution in [1.29, 1.82) is 0 Å². The predicted octanol–water partition coefficient (Wildman–Crippen LogP) is 6.92. The number of aliphatic hydroxyl groups is 1. The minimum Gasteiger partial charge on any atom is -0.504 e. The lowest BCUT2D eigenvalue weighted by Gasteiger charge is -2.53. The maximum atomic E-state index is 13.7. The number of rotatable bonds is 10. The van der Waals surface area contributed by atoms with Crippen LogP contribution in [0.1, 0.15) is 86.8 Å². The van der Waals surface area contributed by atoms with E-state index >= 15 is 0 Å². The highest BCUT2D eigenvalue weighted by Crippen LogP contribution is 2.56. The van der Waals surface area contributed by atoms with Crippen LogP contribution in [0.2, 0.25) is 0 Å². The Morgan fingerprint density at radius 3 is 2.46 bits per heavy atom. The Kier molecular flexibility index (Phi) is 8.60. The van der Waals surface area contributed by atoms with Gasteiger partial charge in [0.25, 0.3) is 0 Å². The van der Waals surface area contributed by atoms with Crippen molar-refractivity contribution in [3.63, 3.8) is 0 Å². The number of phenolic OH excluding ortho intramolecular Hbond substituents is 3. The molecule has 2 aliphatic rings. The van der Waals surface area contributed by atoms with Crippen LogP contribution in [0.25, 0.3) is 0 Å². The molecule has 3 aromatic carbocycles. The predicted molar refractivity (Wildman–Crippen MR) is 159 cm³/mol. The van der Waals surface area contributed by atoms with Crippen LogP contribution in [0, 0.1) is 5.92 Å². The monoisotopic (exact) mass is 558 g/mol. The molecule has 4 N–H and O–H groups in total. The van der Waals surface area contributed by atoms with E-state index < -0.39 is 5.60 Å². The standard InChI is InChI=1S/C35H42O6/c1-41-33-20-26(12-14-31(33)38)25(11-10-24-7-3-2-4-8-24)19-29(36)22-34(40)18-16-27-9-5-6-17-35(27,23-34)28-13-15-30(37)32(39)21-28/h2-4,7-8,12-15,20-21,25,27,37-40H,5-6,9-11,16-19,22-23H2,1H3/t25-,27-,34-,35-/m1/s1. The summed E-state index contributed by atoms with van der Waals surface area (Å²) in [5, 5.41) is 42.3. The van der Waals surface area contributed by atoms with E-state index in [0.29, 0.717) is 30.9 Å². The van der Waals surface area contributed by atoms with E-state index in [0.717, 1.165) is 56.1 Å². The summed E-state index contributed by atoms with van der Waals surface area (Å²) in [6, 6.07) is 20.5. The highest BCUT2D eigenvalue weighted by atomic mass is 16.5. The van der Waals surface area contributed by atoms with Crippen molar-refractivity contribution in [3.05, 3.63) is 83.4 Å². The molecule has 0 amide bonds. The van der Waals surface area contributed by atoms with Crippen LogP contribution in [0.3, 0.4) is 0 Å². The lowest BCUT2D eigenvalue weighted by Crippen LogP contribution is -2.51. The average Bonchev–Trinajstić information content (AvgIpc) is 2.97. The van der Waals surface area contributed by atoms with Crippen molar-refractivity contribution in [2.75, 3.05) is 7.11 Å². The number of benzene rings is 3. The van der Waals surface area contributed by atoms with Gasteiger partial charge >= 0.3 is 0 Å². The van der Waals surface area contributed by atoms with Gasteiger partial charge in [-0.25, -0.2) is 0 Å². The largest absolute Gasteiger partial charge is 0.504 e. The number of ketones is 1. The van der Waals surface area contributed by atoms with Gasteiger partial charge in [0.05, 0.1) is 12.7 Å². The Hall–Kier alpha value is -3.51. The van der Waals surface area contributed by atoms with Crippen LogP contribution in [0.5, 0.6) is 23.0 Å². The van der Waals surface area contributed by atoms with Crippen molar-refractivity contribution in [1.82, 2.24) is 0 Å². The zero-order chi connectivity index (χ0) is 29.0. The molecule has 0 spiro atoms. The third-order valence-electron chi connectivity index (χ3n) is 9.66. The molecule has 4 atom stereocenters. The fourth-order valence-electron chi connectivity index (χ4n) is 7.58. The number of hydrogen-bond donors (Lipinski definition) is 4. The molecule has 2 fully saturated rings. The van der Waals surface area contributed by atoms with Gasteiger partial charge in [-0.15, -0.1) is 0 Å². The molecule has 0 unspecified atom stereocenters. The number of carbonyl (C=O) groups excluding carboxylic acids is 1. The van der Waals surface area contributed by atoms with Gasteiger partial charge in [0, 0.05) is 18.3 Å². The van der Waals surface area contributed by atoms with Crippen LogP contribution in [-0.2, 0) is 16.6 Å². The Morgan fingerprint density at radius 2 is 1.71 bits per heavy atom. The van der Waals surface area contributed by atoms with Gasteiger partial charge in [-0.3, -0.25) is 4.79 Å². The first kappa shape index (κ1) is 29.0. The molecule has 0 aliphatic heterocycles. The molecule has 218 valence electrons. The van der Waals surface area contributed by atoms with E-state index in [9.17, 15) is 25.2 Å². The molecule has 0 heterocycles. The molecule has 3 aromatic rings. The first-order valence-corrected chi connectivity index (χ1v) is 14.9. The van der Waals surface area contributed by atoms with Gasteiger partial charge in [-0.05, 0) is 97.7 Å². The molecular weight excluding hydrogens is 516 g/mol. The molecule has 41 heavy (non-hydrogen) atoms. The number of carbonyl (C=O) groups is 1. The van der Waals surface area contributed by atoms with Crippen LogP contribution in [-0.4, -0.2) is 38.9 Å². The van der Waals surface area contributed by atoms with Crippen LogP contribution < -0.4 is 4.74 Å². The summed E-state index contributed by atoms with van der Waals surface area (Å²) in [5.74, 6) is 0.466. The Balaban J connectivity index is 1.36. The fourth-order valence-corrected chi connectivity index (χ4v) is 7.58. The maximum absolute atomic E-state index is 13.7. The van der Waals surface area contributed by atoms with Gasteiger partial charge in [0.2, 0.25) is 0 Å². The second-order valence-electron chi connectivity index (χ2n) is 12.3. The van der Waals surface area contributed by atoms with Gasteiger partial charge in [0.15, 0.2) is 23.0 Å². The number of ether oxygens (including phenoxy) is 1. The van der Waals surface area contributed by atoms with E-state index in [4.69, 9.17) is 4.74 Å². The lowest BCUT2D eigenvalue weighted by atomic mass is 9.53. The van der Waals surface area contributed by atoms with Gasteiger partial charge in [-0.1, -0.05) is 55.3 Å². The zero-order valence-electron chi connectivity index (χ0n) is 23.9. The maximum Gasteiger partial charge on any atom is 0.160 e. The number of phenols is 3. The van der Waals surface area contributed by atoms with Crippen molar-refractivity contribution in [2.24, 2.45) is 5.92 Å². The molecule has 0 saturated heterocycles. The summed E-state index contributed by atoms with van der Waals surface area (Å²) in [6.45, 7) is 0. The Morgan fingerprint density at radius 1 is 0.927 bits per heavy atom. The van der Waals surface area contributed by atoms with Crippen molar-refractivity contribution >= 4 is 5.78 Å². The summed E-state index contributed by atoms with van der Waals surface area (Å²) in [7, 11) is 1.52. The number of aromatic hydroxyl groups is 3. The second-order valence-corrected chi connectivity index (χ2v) is 12.3. The van der Waals surface area contributed by atoms with E-state index in [2.05, 4.69) is 12.1 Å². The van der Waals surface area contributed by atoms with Crippen molar-refractivity contribution in [3.8, 4) is 23.0 Å². The average molecular weight is 559 g/mol. The fraction of sp³-hybridized carbons (Fsp3) is 0.457. The third kappa shape index (κ3) is 6.38. The summed E-state index contributed by atoms with van der Waals surface area (Å²) in [5.41, 5.74) is 1.62. The van der Waals surface area contributed by atoms with Crippen LogP contribution in [0.4, 0.5) is 0 Å². The molecule has 2 aliphatic carbocycles. The minimum atomic E-state index is -1.13. The molecule has 6 heteroatoms. The minimum absolute atomic E-state index is 0.0237. The molecule has 2 saturated carbocycles. The quantitative estimate of drug-likeness (QED) is 0.201. The third-order valence-corrected chi connectivity index (χ3v) is 9.66. The normalized spacial score (nSPS) is 24.8. The highest BCUT2D eigenvalue weighted by molar-refractivity contribution is 5.80. The zero-order valence-corrected chi connectivity index (χ0v) is 23.9. The SMILES string of the molecule is COc1cc([C@H](CCc2ccccc2)CC(=O)C[C@]2(O)CC[C@H]3CCCC[C@@]3(c3ccc(O)c(O)c3)C2)ccc1O. The van der Waals surface area contributed by atoms with E-state index in [1.54, 1.807) is 12.1 Å². The topological polar surface area (TPSA) is 107 Å². The molecule has 0 bridgehead atoms. The van der Waals surface area contributed by atoms with Crippen LogP contribution >= 0.6 is 0 Å². The van der Waals surface area contributed by atoms with E-state index in [1.807, 2.05) is 36.4 Å². The van der Waals surface area contributed by atoms with Crippen molar-refractivity contribution in [2.45, 2.75) is 87.6 Å². The number of fused-ring (bicyclic) bond motifs is 1. The van der Waals surface area contributed by atoms with Crippen molar-refractivity contribution < 1.29 is 30.0 Å². The summed E-state index contributed by atoms with van der Waals surface area (Å²) in [4.78, 5) is 13.7. The van der Waals surface area contributed by atoms with Gasteiger partial charge < -0.3 is 25.2 Å². The number of aryl methyl sites for hydroxylation is 1. The lowest BCUT2D eigenvalue weighted by molar-refractivity contribution is -0.129. The molecular formula is C35H42O6. The highest BCUT2D eigenvalue weighted by Gasteiger charge is 2.51. The summed E-state index contributed by atoms with van der Waals surface area (Å²) in [6.07, 6.45) is 7.96. The van der Waals surface area contributed by atoms with E-state index in [-0.39, 0.29) is 40.8 Å². The number of methoxy groups -OCH3 is 1. The summed E-state index contributed by atoms with van der Waals surface area (Å²) >= 11 is 0. The summed E-state index contributed by atoms with van der Waals surface area (Å²) < 4.78 is 5.35. The number of Topliss-reactive ketones (excluding diaryl/α,β-unsaturated/α-hetero) is 1. The molecule has 5 rings (SSSR count). The smallest absolute Gasteiger partial charge is 0.160 e. The second kappa shape index (κ2) is 12.2. The van der Waals surface area contributed by atoms with E-state index in [1.165, 1.54) is 18.7 Å². The van der Waals surface area contributed by atoms with Gasteiger partial charge in [-0.2, -0.15) is 0 Å². The molecule has 0 radical (unpaired) electrons. The molecule has 0 aromatic heterocycles. The Labute approximate surface area is 242 Å². The first-order valence-electron chi connectivity index (χ1n) is 14.9. The molecule has 6 nitrogen and oxygen atoms in total.